The van der Waals surface area contributed by atoms with Crippen LogP contribution in [0.15, 0.2) is 35.5 Å². The summed E-state index contributed by atoms with van der Waals surface area (Å²) in [5.41, 5.74) is 2.79. The minimum atomic E-state index is -1.26. The van der Waals surface area contributed by atoms with E-state index in [1.54, 1.807) is 6.92 Å². The highest BCUT2D eigenvalue weighted by molar-refractivity contribution is 5.75. The summed E-state index contributed by atoms with van der Waals surface area (Å²) in [6, 6.07) is 0. The van der Waals surface area contributed by atoms with Gasteiger partial charge in [-0.05, 0) is 172 Å². The summed E-state index contributed by atoms with van der Waals surface area (Å²) >= 11 is 0. The van der Waals surface area contributed by atoms with Gasteiger partial charge in [0.25, 0.3) is 0 Å². The highest BCUT2D eigenvalue weighted by atomic mass is 19.1. The number of fused-ring (bicyclic) bond motifs is 7. The summed E-state index contributed by atoms with van der Waals surface area (Å²) in [6.07, 6.45) is 18.9. The van der Waals surface area contributed by atoms with Gasteiger partial charge in [0, 0.05) is 25.6 Å². The van der Waals surface area contributed by atoms with E-state index in [0.717, 1.165) is 19.4 Å². The summed E-state index contributed by atoms with van der Waals surface area (Å²) < 4.78 is 14.0. The zero-order valence-corrected chi connectivity index (χ0v) is 34.2. The number of alkyl halides is 1. The number of nitrogens with zero attached hydrogens (tertiary/aromatic N) is 1. The second kappa shape index (κ2) is 13.3. The van der Waals surface area contributed by atoms with Gasteiger partial charge in [0.2, 0.25) is 5.91 Å². The molecule has 1 heterocycles. The van der Waals surface area contributed by atoms with Crippen molar-refractivity contribution < 1.29 is 24.2 Å². The second-order valence-electron chi connectivity index (χ2n) is 20.9. The number of carbonyl (C=O) groups is 2. The lowest BCUT2D eigenvalue weighted by atomic mass is 9.33. The molecule has 6 aliphatic carbocycles. The average Bonchev–Trinajstić information content (AvgIpc) is 3.48. The van der Waals surface area contributed by atoms with E-state index in [1.807, 2.05) is 4.90 Å². The Morgan fingerprint density at radius 1 is 0.887 bits per heavy atom. The molecule has 3 N–H and O–H groups in total. The first kappa shape index (κ1) is 39.3. The smallest absolute Gasteiger partial charge is 0.312 e. The van der Waals surface area contributed by atoms with Crippen LogP contribution in [0.3, 0.4) is 0 Å². The predicted molar refractivity (Wildman–Crippen MR) is 210 cm³/mol. The van der Waals surface area contributed by atoms with E-state index in [-0.39, 0.29) is 39.5 Å². The van der Waals surface area contributed by atoms with Crippen molar-refractivity contribution in [1.82, 2.24) is 10.2 Å². The Bertz CT molecular complexity index is 1560. The Balaban J connectivity index is 1.12. The number of piperidine rings is 1. The third kappa shape index (κ3) is 5.88. The van der Waals surface area contributed by atoms with Gasteiger partial charge in [0.1, 0.15) is 6.67 Å². The molecular weight excluding hydrogens is 664 g/mol. The molecule has 6 nitrogen and oxygen atoms in total. The van der Waals surface area contributed by atoms with Crippen molar-refractivity contribution in [2.24, 2.45) is 56.7 Å². The molecule has 0 aromatic carbocycles. The van der Waals surface area contributed by atoms with E-state index >= 15 is 0 Å². The van der Waals surface area contributed by atoms with Crippen LogP contribution in [0.2, 0.25) is 0 Å². The molecule has 0 aromatic heterocycles. The maximum absolute atomic E-state index is 14.0. The van der Waals surface area contributed by atoms with Gasteiger partial charge in [-0.1, -0.05) is 58.9 Å². The molecule has 296 valence electrons. The topological polar surface area (TPSA) is 89.9 Å². The van der Waals surface area contributed by atoms with E-state index in [2.05, 4.69) is 65.6 Å². The average molecular weight is 735 g/mol. The molecule has 7 aliphatic rings. The lowest BCUT2D eigenvalue weighted by Gasteiger charge is -2.72. The molecule has 1 unspecified atom stereocenters. The second-order valence-corrected chi connectivity index (χ2v) is 20.9. The van der Waals surface area contributed by atoms with Crippen molar-refractivity contribution in [3.63, 3.8) is 0 Å². The number of amides is 1. The van der Waals surface area contributed by atoms with Gasteiger partial charge < -0.3 is 20.4 Å². The van der Waals surface area contributed by atoms with Crippen LogP contribution in [0, 0.1) is 56.7 Å². The Morgan fingerprint density at radius 2 is 1.60 bits per heavy atom. The highest BCUT2D eigenvalue weighted by Gasteiger charge is 2.70. The van der Waals surface area contributed by atoms with Crippen molar-refractivity contribution in [3.05, 3.63) is 35.5 Å². The first-order valence-corrected chi connectivity index (χ1v) is 21.4. The van der Waals surface area contributed by atoms with Gasteiger partial charge in [-0.25, -0.2) is 4.39 Å². The Hall–Kier alpha value is -1.99. The number of hydrogen-bond donors (Lipinski definition) is 3. The van der Waals surface area contributed by atoms with Crippen LogP contribution in [0.4, 0.5) is 4.39 Å². The van der Waals surface area contributed by atoms with E-state index in [0.29, 0.717) is 68.4 Å². The Labute approximate surface area is 319 Å². The molecule has 5 fully saturated rings. The first-order chi connectivity index (χ1) is 24.8. The highest BCUT2D eigenvalue weighted by Crippen LogP contribution is 2.76. The van der Waals surface area contributed by atoms with Gasteiger partial charge in [-0.15, -0.1) is 0 Å². The SMILES string of the molecule is C=C(C)[C@@H]1CC[C@]2(NCCC3(O)CCN(C(C)=O)CC3)CC[C@]3(C)[C@H](CC[C@@H]4[C@@]5(C)CC=C(C6=CCC(CF)(C(=O)O)CC6)C(C)(C)[C@@H]5CC[C@]43C)[C@@H]12. The third-order valence-electron chi connectivity index (χ3n) is 18.5. The van der Waals surface area contributed by atoms with Crippen LogP contribution in [-0.4, -0.2) is 64.4 Å². The summed E-state index contributed by atoms with van der Waals surface area (Å²) in [5, 5.41) is 25.5. The fourth-order valence-corrected chi connectivity index (χ4v) is 15.2. The molecule has 1 amide bonds. The number of allylic oxidation sites excluding steroid dienone is 5. The standard InChI is InChI=1S/C46H71FN2O4/c1-30(2)33-13-20-46(48-26-23-45(53)24-27-49(28-25-45)31(3)50)22-21-42(7)35(38(33)46)9-10-37-41(6)16-14-34(40(4,5)36(41)15-17-43(37,42)8)32-11-18-44(29-47,19-12-32)39(51)52/h11,14,33,35-38,48,53H,1,9-10,12-13,15-29H2,2-8H3,(H,51,52)/t33-,35+,36-,37+,38+,41-,42+,43+,44?,46-/m0/s1. The van der Waals surface area contributed by atoms with Crippen LogP contribution < -0.4 is 5.32 Å². The largest absolute Gasteiger partial charge is 0.481 e. The minimum absolute atomic E-state index is 0.0221. The van der Waals surface area contributed by atoms with Gasteiger partial charge in [0.15, 0.2) is 0 Å². The third-order valence-corrected chi connectivity index (χ3v) is 18.5. The number of hydrogen-bond acceptors (Lipinski definition) is 4. The Morgan fingerprint density at radius 3 is 2.21 bits per heavy atom. The van der Waals surface area contributed by atoms with Gasteiger partial charge in [0.05, 0.1) is 11.0 Å². The number of carboxylic acid groups (broad SMARTS) is 1. The monoisotopic (exact) mass is 735 g/mol. The molecule has 7 heteroatoms. The van der Waals surface area contributed by atoms with Crippen molar-refractivity contribution >= 4 is 11.9 Å². The number of aliphatic hydroxyl groups is 1. The molecule has 0 aromatic rings. The molecule has 0 bridgehead atoms. The van der Waals surface area contributed by atoms with Gasteiger partial charge in [-0.2, -0.15) is 0 Å². The number of carbonyl (C=O) groups excluding carboxylic acids is 1. The van der Waals surface area contributed by atoms with E-state index in [9.17, 15) is 24.2 Å². The summed E-state index contributed by atoms with van der Waals surface area (Å²) in [6.45, 7) is 22.7. The zero-order valence-electron chi connectivity index (χ0n) is 34.2. The quantitative estimate of drug-likeness (QED) is 0.216. The number of aliphatic carboxylic acids is 1. The number of halogens is 1. The Kier molecular flexibility index (Phi) is 9.86. The van der Waals surface area contributed by atoms with E-state index in [4.69, 9.17) is 0 Å². The van der Waals surface area contributed by atoms with Crippen molar-refractivity contribution in [1.29, 1.82) is 0 Å². The van der Waals surface area contributed by atoms with Crippen LogP contribution in [-0.2, 0) is 9.59 Å². The zero-order chi connectivity index (χ0) is 38.4. The molecule has 0 spiro atoms. The van der Waals surface area contributed by atoms with Crippen LogP contribution in [0.25, 0.3) is 0 Å². The summed E-state index contributed by atoms with van der Waals surface area (Å²) in [4.78, 5) is 25.8. The number of likely N-dealkylation sites (tertiary alicyclic amines) is 1. The van der Waals surface area contributed by atoms with Crippen LogP contribution in [0.1, 0.15) is 145 Å². The van der Waals surface area contributed by atoms with Crippen molar-refractivity contribution in [2.75, 3.05) is 26.3 Å². The maximum atomic E-state index is 14.0. The van der Waals surface area contributed by atoms with E-state index < -0.39 is 23.7 Å². The maximum Gasteiger partial charge on any atom is 0.312 e. The first-order valence-electron chi connectivity index (χ1n) is 21.4. The van der Waals surface area contributed by atoms with Crippen molar-refractivity contribution in [2.45, 2.75) is 156 Å². The fourth-order valence-electron chi connectivity index (χ4n) is 15.2. The molecule has 4 saturated carbocycles. The van der Waals surface area contributed by atoms with Gasteiger partial charge >= 0.3 is 5.97 Å². The number of rotatable bonds is 8. The summed E-state index contributed by atoms with van der Waals surface area (Å²) in [5.74, 6) is 2.02. The molecule has 10 atom stereocenters. The van der Waals surface area contributed by atoms with Crippen molar-refractivity contribution in [3.8, 4) is 0 Å². The molecule has 1 aliphatic heterocycles. The molecule has 1 saturated heterocycles. The van der Waals surface area contributed by atoms with Gasteiger partial charge in [-0.3, -0.25) is 9.59 Å². The molecule has 7 rings (SSSR count). The minimum Gasteiger partial charge on any atom is -0.481 e. The number of nitrogens with one attached hydrogen (secondary N) is 1. The molecule has 0 radical (unpaired) electrons. The lowest BCUT2D eigenvalue weighted by Crippen LogP contribution is -2.68. The lowest BCUT2D eigenvalue weighted by molar-refractivity contribution is -0.221. The number of carboxylic acids is 1. The normalized spacial score (nSPS) is 44.4. The fraction of sp³-hybridized carbons (Fsp3) is 0.826. The van der Waals surface area contributed by atoms with Crippen LogP contribution in [0.5, 0.6) is 0 Å². The molecule has 53 heavy (non-hydrogen) atoms. The predicted octanol–water partition coefficient (Wildman–Crippen LogP) is 9.44. The molecular formula is C46H71FN2O4. The summed E-state index contributed by atoms with van der Waals surface area (Å²) in [7, 11) is 0. The van der Waals surface area contributed by atoms with E-state index in [1.165, 1.54) is 68.1 Å². The van der Waals surface area contributed by atoms with Crippen LogP contribution >= 0.6 is 0 Å².